The first kappa shape index (κ1) is 13.1. The van der Waals surface area contributed by atoms with Crippen LogP contribution < -0.4 is 0 Å². The van der Waals surface area contributed by atoms with E-state index >= 15 is 0 Å². The Kier molecular flexibility index (Phi) is 3.40. The number of likely N-dealkylation sites (N-methyl/N-ethyl adjacent to an activating group) is 1. The third kappa shape index (κ3) is 2.21. The first-order chi connectivity index (χ1) is 9.08. The van der Waals surface area contributed by atoms with Crippen molar-refractivity contribution in [1.82, 2.24) is 4.90 Å². The van der Waals surface area contributed by atoms with Crippen molar-refractivity contribution in [3.63, 3.8) is 0 Å². The van der Waals surface area contributed by atoms with E-state index in [4.69, 9.17) is 0 Å². The van der Waals surface area contributed by atoms with E-state index in [0.29, 0.717) is 12.0 Å². The van der Waals surface area contributed by atoms with Gasteiger partial charge in [-0.2, -0.15) is 0 Å². The van der Waals surface area contributed by atoms with Gasteiger partial charge in [-0.1, -0.05) is 25.1 Å². The molecule has 1 aliphatic heterocycles. The average Bonchev–Trinajstić information content (AvgIpc) is 2.70. The van der Waals surface area contributed by atoms with Crippen LogP contribution in [0.15, 0.2) is 18.2 Å². The van der Waals surface area contributed by atoms with Gasteiger partial charge in [0.25, 0.3) is 0 Å². The molecule has 0 amide bonds. The molecule has 2 heteroatoms. The van der Waals surface area contributed by atoms with Crippen molar-refractivity contribution < 1.29 is 5.11 Å². The molecule has 1 fully saturated rings. The second-order valence-electron chi connectivity index (χ2n) is 6.51. The Bertz CT molecular complexity index is 468. The molecule has 1 aliphatic carbocycles. The summed E-state index contributed by atoms with van der Waals surface area (Å²) in [7, 11) is 2.27. The number of hydrogen-bond acceptors (Lipinski definition) is 2. The molecule has 0 saturated heterocycles. The minimum Gasteiger partial charge on any atom is -0.389 e. The highest BCUT2D eigenvalue weighted by Crippen LogP contribution is 2.45. The van der Waals surface area contributed by atoms with E-state index in [2.05, 4.69) is 37.1 Å². The molecular weight excluding hydrogens is 234 g/mol. The Morgan fingerprint density at radius 2 is 2.11 bits per heavy atom. The molecule has 3 rings (SSSR count). The third-order valence-corrected chi connectivity index (χ3v) is 5.26. The van der Waals surface area contributed by atoms with Crippen molar-refractivity contribution in [3.05, 3.63) is 34.9 Å². The molecule has 0 bridgehead atoms. The standard InChI is InChI=1S/C17H25NO/c1-11-4-7-16-17(11)15-10-14(12(2)19)6-5-13(15)8-9-18(16)3/h5-6,10-12,16-17,19H,4,7-9H2,1-3H3/t11-,12-,16+,17-/m1/s1. The third-order valence-electron chi connectivity index (χ3n) is 5.26. The number of aliphatic hydroxyl groups is 1. The van der Waals surface area contributed by atoms with E-state index in [1.807, 2.05) is 6.92 Å². The van der Waals surface area contributed by atoms with Gasteiger partial charge in [0.1, 0.15) is 0 Å². The fourth-order valence-corrected chi connectivity index (χ4v) is 4.05. The van der Waals surface area contributed by atoms with Crippen LogP contribution in [0.2, 0.25) is 0 Å². The van der Waals surface area contributed by atoms with Crippen LogP contribution in [-0.4, -0.2) is 29.6 Å². The quantitative estimate of drug-likeness (QED) is 0.837. The maximum atomic E-state index is 9.84. The molecule has 0 spiro atoms. The van der Waals surface area contributed by atoms with Crippen molar-refractivity contribution >= 4 is 0 Å². The monoisotopic (exact) mass is 259 g/mol. The predicted molar refractivity (Wildman–Crippen MR) is 78.3 cm³/mol. The SMILES string of the molecule is C[C@@H]1CC[C@H]2[C@H]1c1cc([C@@H](C)O)ccc1CCN2C. The van der Waals surface area contributed by atoms with Crippen molar-refractivity contribution in [2.24, 2.45) is 5.92 Å². The zero-order valence-electron chi connectivity index (χ0n) is 12.3. The summed E-state index contributed by atoms with van der Waals surface area (Å²) in [4.78, 5) is 2.55. The minimum atomic E-state index is -0.360. The van der Waals surface area contributed by atoms with Crippen LogP contribution in [0.5, 0.6) is 0 Å². The summed E-state index contributed by atoms with van der Waals surface area (Å²) in [6, 6.07) is 7.32. The molecule has 1 N–H and O–H groups in total. The van der Waals surface area contributed by atoms with Gasteiger partial charge in [-0.3, -0.25) is 0 Å². The summed E-state index contributed by atoms with van der Waals surface area (Å²) in [5.41, 5.74) is 4.08. The van der Waals surface area contributed by atoms with Gasteiger partial charge in [0.05, 0.1) is 6.10 Å². The lowest BCUT2D eigenvalue weighted by Gasteiger charge is -2.29. The average molecular weight is 259 g/mol. The number of nitrogens with zero attached hydrogens (tertiary/aromatic N) is 1. The molecule has 0 radical (unpaired) electrons. The Morgan fingerprint density at radius 3 is 2.84 bits per heavy atom. The summed E-state index contributed by atoms with van der Waals surface area (Å²) in [5, 5.41) is 9.84. The van der Waals surface area contributed by atoms with Crippen LogP contribution in [0.4, 0.5) is 0 Å². The van der Waals surface area contributed by atoms with Crippen LogP contribution >= 0.6 is 0 Å². The summed E-state index contributed by atoms with van der Waals surface area (Å²) < 4.78 is 0. The minimum absolute atomic E-state index is 0.360. The number of hydrogen-bond donors (Lipinski definition) is 1. The largest absolute Gasteiger partial charge is 0.389 e. The highest BCUT2D eigenvalue weighted by molar-refractivity contribution is 5.38. The molecule has 19 heavy (non-hydrogen) atoms. The maximum absolute atomic E-state index is 9.84. The number of benzene rings is 1. The van der Waals surface area contributed by atoms with E-state index in [1.54, 1.807) is 0 Å². The fourth-order valence-electron chi connectivity index (χ4n) is 4.05. The molecular formula is C17H25NO. The molecule has 1 heterocycles. The van der Waals surface area contributed by atoms with E-state index in [0.717, 1.165) is 24.4 Å². The molecule has 4 atom stereocenters. The van der Waals surface area contributed by atoms with Crippen LogP contribution in [0.1, 0.15) is 55.4 Å². The zero-order chi connectivity index (χ0) is 13.6. The lowest BCUT2D eigenvalue weighted by Crippen LogP contribution is -2.33. The fraction of sp³-hybridized carbons (Fsp3) is 0.647. The predicted octanol–water partition coefficient (Wildman–Crippen LogP) is 3.11. The first-order valence-corrected chi connectivity index (χ1v) is 7.59. The van der Waals surface area contributed by atoms with Gasteiger partial charge in [-0.05, 0) is 55.8 Å². The smallest absolute Gasteiger partial charge is 0.0762 e. The Balaban J connectivity index is 2.07. The normalized spacial score (nSPS) is 32.5. The van der Waals surface area contributed by atoms with Crippen LogP contribution in [0.25, 0.3) is 0 Å². The highest BCUT2D eigenvalue weighted by Gasteiger charge is 2.39. The zero-order valence-corrected chi connectivity index (χ0v) is 12.3. The maximum Gasteiger partial charge on any atom is 0.0762 e. The molecule has 1 aromatic carbocycles. The van der Waals surface area contributed by atoms with Crippen molar-refractivity contribution in [1.29, 1.82) is 0 Å². The Morgan fingerprint density at radius 1 is 1.32 bits per heavy atom. The van der Waals surface area contributed by atoms with Crippen molar-refractivity contribution in [2.45, 2.75) is 51.2 Å². The van der Waals surface area contributed by atoms with Crippen LogP contribution in [0.3, 0.4) is 0 Å². The molecule has 2 nitrogen and oxygen atoms in total. The van der Waals surface area contributed by atoms with E-state index in [9.17, 15) is 5.11 Å². The van der Waals surface area contributed by atoms with Gasteiger partial charge in [-0.25, -0.2) is 0 Å². The molecule has 104 valence electrons. The second-order valence-corrected chi connectivity index (χ2v) is 6.51. The Hall–Kier alpha value is -0.860. The van der Waals surface area contributed by atoms with Gasteiger partial charge >= 0.3 is 0 Å². The van der Waals surface area contributed by atoms with Crippen LogP contribution in [-0.2, 0) is 6.42 Å². The molecule has 0 aromatic heterocycles. The van der Waals surface area contributed by atoms with E-state index in [1.165, 1.54) is 24.0 Å². The van der Waals surface area contributed by atoms with Crippen molar-refractivity contribution in [3.8, 4) is 0 Å². The number of fused-ring (bicyclic) bond motifs is 3. The second kappa shape index (κ2) is 4.92. The molecule has 0 unspecified atom stereocenters. The lowest BCUT2D eigenvalue weighted by atomic mass is 9.84. The molecule has 1 aromatic rings. The Labute approximate surface area is 116 Å². The number of aliphatic hydroxyl groups excluding tert-OH is 1. The lowest BCUT2D eigenvalue weighted by molar-refractivity contribution is 0.199. The van der Waals surface area contributed by atoms with Crippen molar-refractivity contribution in [2.75, 3.05) is 13.6 Å². The van der Waals surface area contributed by atoms with Gasteiger partial charge in [0.15, 0.2) is 0 Å². The van der Waals surface area contributed by atoms with E-state index in [-0.39, 0.29) is 6.10 Å². The van der Waals surface area contributed by atoms with E-state index < -0.39 is 0 Å². The van der Waals surface area contributed by atoms with Gasteiger partial charge in [0.2, 0.25) is 0 Å². The van der Waals surface area contributed by atoms with Gasteiger partial charge < -0.3 is 10.0 Å². The number of rotatable bonds is 1. The first-order valence-electron chi connectivity index (χ1n) is 7.59. The topological polar surface area (TPSA) is 23.5 Å². The van der Waals surface area contributed by atoms with Gasteiger partial charge in [-0.15, -0.1) is 0 Å². The summed E-state index contributed by atoms with van der Waals surface area (Å²) in [6.45, 7) is 5.41. The summed E-state index contributed by atoms with van der Waals surface area (Å²) in [5.74, 6) is 1.41. The molecule has 2 aliphatic rings. The summed E-state index contributed by atoms with van der Waals surface area (Å²) in [6.07, 6.45) is 3.44. The van der Waals surface area contributed by atoms with Crippen LogP contribution in [0, 0.1) is 5.92 Å². The molecule has 1 saturated carbocycles. The van der Waals surface area contributed by atoms with Gasteiger partial charge in [0, 0.05) is 18.5 Å². The highest BCUT2D eigenvalue weighted by atomic mass is 16.3. The summed E-state index contributed by atoms with van der Waals surface area (Å²) >= 11 is 0.